The van der Waals surface area contributed by atoms with E-state index in [1.807, 2.05) is 4.90 Å². The fourth-order valence-corrected chi connectivity index (χ4v) is 4.19. The summed E-state index contributed by atoms with van der Waals surface area (Å²) >= 11 is 0. The normalized spacial score (nSPS) is 23.8. The lowest BCUT2D eigenvalue weighted by atomic mass is 10.3. The van der Waals surface area contributed by atoms with Gasteiger partial charge in [-0.2, -0.15) is 17.0 Å². The van der Waals surface area contributed by atoms with Crippen molar-refractivity contribution in [1.82, 2.24) is 13.5 Å². The minimum Gasteiger partial charge on any atom is -0.481 e. The molecule has 0 amide bonds. The van der Waals surface area contributed by atoms with E-state index in [0.717, 1.165) is 12.8 Å². The number of hydrogen-bond donors (Lipinski definition) is 1. The molecule has 0 saturated carbocycles. The third kappa shape index (κ3) is 3.65. The molecular weight excluding hydrogens is 270 g/mol. The van der Waals surface area contributed by atoms with Gasteiger partial charge in [-0.05, 0) is 12.8 Å². The molecule has 19 heavy (non-hydrogen) atoms. The largest absolute Gasteiger partial charge is 0.481 e. The first kappa shape index (κ1) is 14.7. The molecule has 0 aromatic heterocycles. The van der Waals surface area contributed by atoms with E-state index in [2.05, 4.69) is 0 Å². The number of rotatable bonds is 5. The van der Waals surface area contributed by atoms with E-state index in [1.54, 1.807) is 4.31 Å². The first-order valence-electron chi connectivity index (χ1n) is 6.69. The molecule has 2 heterocycles. The second-order valence-corrected chi connectivity index (χ2v) is 6.93. The lowest BCUT2D eigenvalue weighted by Gasteiger charge is -2.35. The van der Waals surface area contributed by atoms with Crippen LogP contribution in [0.2, 0.25) is 0 Å². The summed E-state index contributed by atoms with van der Waals surface area (Å²) in [6, 6.07) is 0. The molecule has 7 nitrogen and oxygen atoms in total. The van der Waals surface area contributed by atoms with Crippen LogP contribution in [-0.4, -0.2) is 78.8 Å². The molecule has 0 bridgehead atoms. The molecule has 110 valence electrons. The zero-order valence-corrected chi connectivity index (χ0v) is 11.8. The maximum atomic E-state index is 12.3. The minimum atomic E-state index is -3.29. The molecule has 0 atom stereocenters. The molecule has 1 N–H and O–H groups in total. The van der Waals surface area contributed by atoms with Crippen LogP contribution in [0.4, 0.5) is 0 Å². The van der Waals surface area contributed by atoms with E-state index in [9.17, 15) is 13.2 Å². The van der Waals surface area contributed by atoms with Crippen LogP contribution in [0.3, 0.4) is 0 Å². The number of carboxylic acid groups (broad SMARTS) is 1. The first-order chi connectivity index (χ1) is 9.00. The number of nitrogens with zero attached hydrogens (tertiary/aromatic N) is 3. The topological polar surface area (TPSA) is 81.2 Å². The van der Waals surface area contributed by atoms with Crippen molar-refractivity contribution in [3.8, 4) is 0 Å². The molecule has 2 fully saturated rings. The minimum absolute atomic E-state index is 0.110. The Balaban J connectivity index is 1.83. The monoisotopic (exact) mass is 291 g/mol. The summed E-state index contributed by atoms with van der Waals surface area (Å²) in [4.78, 5) is 12.5. The fourth-order valence-electron chi connectivity index (χ4n) is 2.52. The zero-order chi connectivity index (χ0) is 13.9. The Bertz CT molecular complexity index is 412. The highest BCUT2D eigenvalue weighted by Crippen LogP contribution is 2.18. The molecule has 2 rings (SSSR count). The summed E-state index contributed by atoms with van der Waals surface area (Å²) in [5.41, 5.74) is 0. The molecule has 2 saturated heterocycles. The van der Waals surface area contributed by atoms with Crippen LogP contribution >= 0.6 is 0 Å². The van der Waals surface area contributed by atoms with E-state index in [1.165, 1.54) is 4.31 Å². The summed E-state index contributed by atoms with van der Waals surface area (Å²) in [7, 11) is -3.29. The molecule has 0 aromatic carbocycles. The van der Waals surface area contributed by atoms with Crippen LogP contribution in [0, 0.1) is 0 Å². The van der Waals surface area contributed by atoms with Crippen molar-refractivity contribution < 1.29 is 18.3 Å². The first-order valence-corrected chi connectivity index (χ1v) is 8.09. The average Bonchev–Trinajstić information content (AvgIpc) is 2.91. The molecular formula is C11H21N3O4S. The van der Waals surface area contributed by atoms with Crippen molar-refractivity contribution in [3.05, 3.63) is 0 Å². The van der Waals surface area contributed by atoms with Gasteiger partial charge in [0.05, 0.1) is 6.42 Å². The van der Waals surface area contributed by atoms with Crippen LogP contribution < -0.4 is 0 Å². The van der Waals surface area contributed by atoms with E-state index in [4.69, 9.17) is 5.11 Å². The Labute approximate surface area is 114 Å². The standard InChI is InChI=1S/C11H21N3O4S/c15-11(16)3-6-12-7-9-14(10-8-12)19(17,18)13-4-1-2-5-13/h1-10H2,(H,15,16). The zero-order valence-electron chi connectivity index (χ0n) is 11.0. The second kappa shape index (κ2) is 6.17. The number of hydrogen-bond acceptors (Lipinski definition) is 4. The van der Waals surface area contributed by atoms with Gasteiger partial charge in [0.1, 0.15) is 0 Å². The lowest BCUT2D eigenvalue weighted by molar-refractivity contribution is -0.137. The van der Waals surface area contributed by atoms with Gasteiger partial charge in [-0.1, -0.05) is 0 Å². The molecule has 0 unspecified atom stereocenters. The van der Waals surface area contributed by atoms with E-state index < -0.39 is 16.2 Å². The highest BCUT2D eigenvalue weighted by molar-refractivity contribution is 7.86. The highest BCUT2D eigenvalue weighted by Gasteiger charge is 2.33. The molecule has 0 aliphatic carbocycles. The van der Waals surface area contributed by atoms with Crippen LogP contribution in [0.15, 0.2) is 0 Å². The van der Waals surface area contributed by atoms with Gasteiger partial charge < -0.3 is 10.0 Å². The molecule has 2 aliphatic heterocycles. The lowest BCUT2D eigenvalue weighted by Crippen LogP contribution is -2.52. The van der Waals surface area contributed by atoms with Crippen LogP contribution in [0.5, 0.6) is 0 Å². The second-order valence-electron chi connectivity index (χ2n) is 5.00. The molecule has 8 heteroatoms. The smallest absolute Gasteiger partial charge is 0.304 e. The summed E-state index contributed by atoms with van der Waals surface area (Å²) in [6.07, 6.45) is 1.99. The van der Waals surface area contributed by atoms with Gasteiger partial charge in [0.25, 0.3) is 10.2 Å². The van der Waals surface area contributed by atoms with Gasteiger partial charge >= 0.3 is 5.97 Å². The molecule has 0 spiro atoms. The summed E-state index contributed by atoms with van der Waals surface area (Å²) in [5.74, 6) is -0.813. The van der Waals surface area contributed by atoms with Gasteiger partial charge in [-0.25, -0.2) is 0 Å². The molecule has 0 radical (unpaired) electrons. The van der Waals surface area contributed by atoms with Crippen molar-refractivity contribution in [2.75, 3.05) is 45.8 Å². The van der Waals surface area contributed by atoms with Crippen molar-refractivity contribution in [2.24, 2.45) is 0 Å². The van der Waals surface area contributed by atoms with Crippen LogP contribution in [0.25, 0.3) is 0 Å². The molecule has 0 aromatic rings. The van der Waals surface area contributed by atoms with Gasteiger partial charge in [-0.15, -0.1) is 0 Å². The van der Waals surface area contributed by atoms with Gasteiger partial charge in [0.15, 0.2) is 0 Å². The summed E-state index contributed by atoms with van der Waals surface area (Å²) in [6.45, 7) is 3.88. The predicted molar refractivity (Wildman–Crippen MR) is 70.0 cm³/mol. The Kier molecular flexibility index (Phi) is 4.77. The van der Waals surface area contributed by atoms with Crippen molar-refractivity contribution in [3.63, 3.8) is 0 Å². The van der Waals surface area contributed by atoms with Crippen molar-refractivity contribution >= 4 is 16.2 Å². The Hall–Kier alpha value is -0.700. The highest BCUT2D eigenvalue weighted by atomic mass is 32.2. The average molecular weight is 291 g/mol. The SMILES string of the molecule is O=C(O)CCN1CCN(S(=O)(=O)N2CCCC2)CC1. The summed E-state index contributed by atoms with van der Waals surface area (Å²) < 4.78 is 27.7. The maximum Gasteiger partial charge on any atom is 0.304 e. The van der Waals surface area contributed by atoms with Crippen molar-refractivity contribution in [1.29, 1.82) is 0 Å². The summed E-state index contributed by atoms with van der Waals surface area (Å²) in [5, 5.41) is 8.63. The van der Waals surface area contributed by atoms with Gasteiger partial charge in [-0.3, -0.25) is 4.79 Å². The molecule has 2 aliphatic rings. The van der Waals surface area contributed by atoms with E-state index >= 15 is 0 Å². The Morgan fingerprint density at radius 2 is 1.47 bits per heavy atom. The number of piperazine rings is 1. The quantitative estimate of drug-likeness (QED) is 0.733. The predicted octanol–water partition coefficient (Wildman–Crippen LogP) is -0.581. The Morgan fingerprint density at radius 1 is 0.947 bits per heavy atom. The van der Waals surface area contributed by atoms with Crippen molar-refractivity contribution in [2.45, 2.75) is 19.3 Å². The van der Waals surface area contributed by atoms with Crippen LogP contribution in [0.1, 0.15) is 19.3 Å². The Morgan fingerprint density at radius 3 is 2.00 bits per heavy atom. The number of carbonyl (C=O) groups is 1. The maximum absolute atomic E-state index is 12.3. The van der Waals surface area contributed by atoms with E-state index in [0.29, 0.717) is 45.8 Å². The van der Waals surface area contributed by atoms with Gasteiger partial charge in [0.2, 0.25) is 0 Å². The third-order valence-electron chi connectivity index (χ3n) is 3.69. The van der Waals surface area contributed by atoms with Crippen LogP contribution in [-0.2, 0) is 15.0 Å². The third-order valence-corrected chi connectivity index (χ3v) is 5.73. The van der Waals surface area contributed by atoms with E-state index in [-0.39, 0.29) is 6.42 Å². The fraction of sp³-hybridized carbons (Fsp3) is 0.909. The van der Waals surface area contributed by atoms with Gasteiger partial charge in [0, 0.05) is 45.8 Å². The number of carboxylic acids is 1. The number of aliphatic carboxylic acids is 1.